The smallest absolute Gasteiger partial charge is 0.338 e. The number of esters is 1. The van der Waals surface area contributed by atoms with Crippen molar-refractivity contribution in [2.24, 2.45) is 4.99 Å². The Morgan fingerprint density at radius 3 is 2.49 bits per heavy atom. The Morgan fingerprint density at radius 2 is 1.79 bits per heavy atom. The number of ether oxygens (including phenoxy) is 3. The van der Waals surface area contributed by atoms with E-state index >= 15 is 0 Å². The van der Waals surface area contributed by atoms with Crippen LogP contribution < -0.4 is 29.3 Å². The first-order chi connectivity index (χ1) is 18.9. The average Bonchev–Trinajstić information content (AvgIpc) is 3.40. The molecule has 0 aliphatic carbocycles. The number of rotatable bonds is 7. The predicted octanol–water partition coefficient (Wildman–Crippen LogP) is 2.94. The Balaban J connectivity index is 1.81. The third-order valence-electron chi connectivity index (χ3n) is 6.81. The molecule has 1 aromatic heterocycles. The highest BCUT2D eigenvalue weighted by Crippen LogP contribution is 2.37. The van der Waals surface area contributed by atoms with E-state index in [0.29, 0.717) is 45.2 Å². The molecule has 202 valence electrons. The first kappa shape index (κ1) is 26.4. The van der Waals surface area contributed by atoms with Gasteiger partial charge in [-0.1, -0.05) is 42.5 Å². The van der Waals surface area contributed by atoms with Crippen LogP contribution in [0.15, 0.2) is 63.5 Å². The van der Waals surface area contributed by atoms with E-state index in [4.69, 9.17) is 14.2 Å². The summed E-state index contributed by atoms with van der Waals surface area (Å²) in [6, 6.07) is 11.9. The number of hydrogen-bond acceptors (Lipinski definition) is 8. The maximum absolute atomic E-state index is 14.2. The Bertz CT molecular complexity index is 1700. The van der Waals surface area contributed by atoms with Gasteiger partial charge in [0.15, 0.2) is 16.3 Å². The van der Waals surface area contributed by atoms with Crippen molar-refractivity contribution in [1.29, 1.82) is 0 Å². The summed E-state index contributed by atoms with van der Waals surface area (Å²) in [6.07, 6.45) is 0.774. The van der Waals surface area contributed by atoms with Crippen molar-refractivity contribution in [1.82, 2.24) is 4.57 Å². The molecule has 5 rings (SSSR count). The number of benzene rings is 2. The van der Waals surface area contributed by atoms with Gasteiger partial charge in [0.25, 0.3) is 11.5 Å². The van der Waals surface area contributed by atoms with E-state index in [2.05, 4.69) is 4.99 Å². The fourth-order valence-electron chi connectivity index (χ4n) is 5.13. The van der Waals surface area contributed by atoms with Crippen LogP contribution in [0.2, 0.25) is 0 Å². The largest absolute Gasteiger partial charge is 0.493 e. The molecule has 0 saturated carbocycles. The number of amides is 1. The van der Waals surface area contributed by atoms with Crippen molar-refractivity contribution in [3.05, 3.63) is 84.5 Å². The van der Waals surface area contributed by atoms with Gasteiger partial charge in [-0.05, 0) is 44.0 Å². The number of carbonyl (C=O) groups is 2. The quantitative estimate of drug-likeness (QED) is 0.422. The number of thiazole rings is 1. The van der Waals surface area contributed by atoms with Gasteiger partial charge < -0.3 is 19.1 Å². The summed E-state index contributed by atoms with van der Waals surface area (Å²) in [5.74, 6) is 0.187. The second-order valence-electron chi connectivity index (χ2n) is 9.09. The second-order valence-corrected chi connectivity index (χ2v) is 10.1. The lowest BCUT2D eigenvalue weighted by atomic mass is 9.95. The maximum atomic E-state index is 14.2. The summed E-state index contributed by atoms with van der Waals surface area (Å²) in [5, 5.41) is 0. The van der Waals surface area contributed by atoms with Gasteiger partial charge in [-0.3, -0.25) is 14.2 Å². The topological polar surface area (TPSA) is 99.4 Å². The van der Waals surface area contributed by atoms with E-state index in [9.17, 15) is 14.4 Å². The van der Waals surface area contributed by atoms with Crippen molar-refractivity contribution >= 4 is 34.5 Å². The van der Waals surface area contributed by atoms with Crippen LogP contribution in [0.5, 0.6) is 11.5 Å². The van der Waals surface area contributed by atoms with Gasteiger partial charge >= 0.3 is 5.97 Å². The zero-order valence-electron chi connectivity index (χ0n) is 22.4. The number of aromatic nitrogens is 1. The summed E-state index contributed by atoms with van der Waals surface area (Å²) in [5.41, 5.74) is 2.76. The number of fused-ring (bicyclic) bond motifs is 2. The van der Waals surface area contributed by atoms with Crippen molar-refractivity contribution in [3.63, 3.8) is 0 Å². The molecule has 2 aliphatic heterocycles. The van der Waals surface area contributed by atoms with Crippen LogP contribution in [-0.2, 0) is 14.3 Å². The lowest BCUT2D eigenvalue weighted by molar-refractivity contribution is -0.139. The summed E-state index contributed by atoms with van der Waals surface area (Å²) < 4.78 is 18.0. The van der Waals surface area contributed by atoms with E-state index in [1.807, 2.05) is 31.2 Å². The van der Waals surface area contributed by atoms with Crippen LogP contribution in [0.4, 0.5) is 5.69 Å². The van der Waals surface area contributed by atoms with Crippen LogP contribution in [0.1, 0.15) is 44.4 Å². The first-order valence-electron chi connectivity index (χ1n) is 12.7. The van der Waals surface area contributed by atoms with Crippen LogP contribution in [0.25, 0.3) is 5.57 Å². The molecule has 39 heavy (non-hydrogen) atoms. The number of hydrogen-bond donors (Lipinski definition) is 0. The van der Waals surface area contributed by atoms with Crippen LogP contribution in [0.3, 0.4) is 0 Å². The van der Waals surface area contributed by atoms with E-state index in [1.54, 1.807) is 36.9 Å². The van der Waals surface area contributed by atoms with Crippen molar-refractivity contribution in [2.75, 3.05) is 32.3 Å². The van der Waals surface area contributed by atoms with Crippen LogP contribution in [0, 0.1) is 0 Å². The van der Waals surface area contributed by atoms with Gasteiger partial charge in [-0.2, -0.15) is 0 Å². The van der Waals surface area contributed by atoms with Gasteiger partial charge in [0.1, 0.15) is 4.53 Å². The molecule has 0 N–H and O–H groups in total. The Kier molecular flexibility index (Phi) is 7.14. The Morgan fingerprint density at radius 1 is 1.05 bits per heavy atom. The number of nitrogens with zero attached hydrogens (tertiary/aromatic N) is 3. The molecular weight excluding hydrogens is 518 g/mol. The molecule has 2 aliphatic rings. The van der Waals surface area contributed by atoms with Crippen molar-refractivity contribution in [2.45, 2.75) is 33.2 Å². The number of anilines is 1. The third-order valence-corrected chi connectivity index (χ3v) is 7.87. The zero-order chi connectivity index (χ0) is 27.8. The summed E-state index contributed by atoms with van der Waals surface area (Å²) in [6.45, 7) is 6.16. The molecule has 9 nitrogen and oxygen atoms in total. The fourth-order valence-corrected chi connectivity index (χ4v) is 6.26. The highest BCUT2D eigenvalue weighted by atomic mass is 32.1. The molecule has 2 aromatic carbocycles. The molecule has 1 atom stereocenters. The average molecular weight is 548 g/mol. The Labute approximate surface area is 229 Å². The molecule has 0 saturated heterocycles. The monoisotopic (exact) mass is 547 g/mol. The van der Waals surface area contributed by atoms with Crippen molar-refractivity contribution in [3.8, 4) is 11.5 Å². The number of allylic oxidation sites excluding steroid dienone is 1. The van der Waals surface area contributed by atoms with Crippen molar-refractivity contribution < 1.29 is 23.8 Å². The molecule has 0 radical (unpaired) electrons. The molecule has 0 spiro atoms. The number of para-hydroxylation sites is 1. The second kappa shape index (κ2) is 10.5. The van der Waals surface area contributed by atoms with Crippen LogP contribution in [-0.4, -0.2) is 43.8 Å². The minimum atomic E-state index is -0.840. The van der Waals surface area contributed by atoms with Gasteiger partial charge in [0.05, 0.1) is 49.4 Å². The summed E-state index contributed by atoms with van der Waals surface area (Å²) >= 11 is 1.15. The molecule has 3 aromatic rings. The lowest BCUT2D eigenvalue weighted by Gasteiger charge is -2.25. The van der Waals surface area contributed by atoms with E-state index < -0.39 is 17.6 Å². The van der Waals surface area contributed by atoms with E-state index in [1.165, 1.54) is 18.8 Å². The first-order valence-corrected chi connectivity index (χ1v) is 13.5. The molecule has 0 bridgehead atoms. The summed E-state index contributed by atoms with van der Waals surface area (Å²) in [7, 11) is 3.06. The molecule has 0 unspecified atom stereocenters. The number of methoxy groups -OCH3 is 2. The molecule has 10 heteroatoms. The molecule has 3 heterocycles. The Hall–Kier alpha value is -4.18. The lowest BCUT2D eigenvalue weighted by Crippen LogP contribution is -2.41. The van der Waals surface area contributed by atoms with Gasteiger partial charge in [0.2, 0.25) is 0 Å². The molecule has 0 fully saturated rings. The van der Waals surface area contributed by atoms with E-state index in [-0.39, 0.29) is 22.6 Å². The minimum Gasteiger partial charge on any atom is -0.493 e. The zero-order valence-corrected chi connectivity index (χ0v) is 23.3. The minimum absolute atomic E-state index is 0.168. The summed E-state index contributed by atoms with van der Waals surface area (Å²) in [4.78, 5) is 47.8. The number of carbonyl (C=O) groups excluding carboxylic acids is 2. The molecular formula is C29H29N3O6S. The highest BCUT2D eigenvalue weighted by Gasteiger charge is 2.37. The van der Waals surface area contributed by atoms with Gasteiger partial charge in [-0.15, -0.1) is 0 Å². The maximum Gasteiger partial charge on any atom is 0.338 e. The predicted molar refractivity (Wildman–Crippen MR) is 148 cm³/mol. The van der Waals surface area contributed by atoms with E-state index in [0.717, 1.165) is 23.4 Å². The normalized spacial score (nSPS) is 17.5. The van der Waals surface area contributed by atoms with Gasteiger partial charge in [0, 0.05) is 12.1 Å². The van der Waals surface area contributed by atoms with Crippen LogP contribution >= 0.6 is 11.3 Å². The highest BCUT2D eigenvalue weighted by molar-refractivity contribution is 7.07. The SMILES string of the molecule is CCCN1C(=O)/C(=c2\sc3n(c2=O)[C@H](c2ccc(OC)c(OC)c2)C(C(=O)OCC)=C(C)N=3)c2ccccc21. The fraction of sp³-hybridized carbons (Fsp3) is 0.310. The van der Waals surface area contributed by atoms with Gasteiger partial charge in [-0.25, -0.2) is 9.79 Å². The third kappa shape index (κ3) is 4.24. The standard InChI is InChI=1S/C29H29N3O6S/c1-6-14-31-19-11-9-8-10-18(19)23(26(31)33)25-27(34)32-24(17-12-13-20(36-4)21(15-17)37-5)22(28(35)38-7-2)16(3)30-29(32)39-25/h8-13,15,24H,6-7,14H2,1-5H3/b25-23-/t24-/m1/s1. The molecule has 1 amide bonds.